The number of aryl methyl sites for hydroxylation is 1. The Balaban J connectivity index is 2.30. The standard InChI is InChI=1S/C16H20Cl2N2O/c1-16(2,3)15-12(9-20(4)19-15)14(21)7-10-5-6-11(17)8-13(10)18/h5-6,8-9,14,21H,7H2,1-4H3. The number of rotatable bonds is 3. The first-order valence-corrected chi connectivity index (χ1v) is 7.60. The minimum Gasteiger partial charge on any atom is -0.388 e. The Morgan fingerprint density at radius 3 is 2.52 bits per heavy atom. The average Bonchev–Trinajstić information content (AvgIpc) is 2.75. The second kappa shape index (κ2) is 5.99. The Morgan fingerprint density at radius 2 is 1.95 bits per heavy atom. The zero-order valence-electron chi connectivity index (χ0n) is 12.7. The molecule has 0 spiro atoms. The molecule has 1 atom stereocenters. The minimum absolute atomic E-state index is 0.124. The van der Waals surface area contributed by atoms with Gasteiger partial charge >= 0.3 is 0 Å². The molecule has 0 aliphatic rings. The number of hydrogen-bond donors (Lipinski definition) is 1. The van der Waals surface area contributed by atoms with Gasteiger partial charge in [-0.25, -0.2) is 0 Å². The predicted molar refractivity (Wildman–Crippen MR) is 87.0 cm³/mol. The lowest BCUT2D eigenvalue weighted by Gasteiger charge is -2.20. The van der Waals surface area contributed by atoms with Gasteiger partial charge in [-0.05, 0) is 17.7 Å². The molecule has 0 radical (unpaired) electrons. The SMILES string of the molecule is Cn1cc(C(O)Cc2ccc(Cl)cc2Cl)c(C(C)(C)C)n1. The molecule has 1 N–H and O–H groups in total. The smallest absolute Gasteiger partial charge is 0.0864 e. The first kappa shape index (κ1) is 16.3. The van der Waals surface area contributed by atoms with Gasteiger partial charge in [-0.15, -0.1) is 0 Å². The van der Waals surface area contributed by atoms with Crippen LogP contribution in [0.25, 0.3) is 0 Å². The number of benzene rings is 1. The monoisotopic (exact) mass is 326 g/mol. The Morgan fingerprint density at radius 1 is 1.29 bits per heavy atom. The summed E-state index contributed by atoms with van der Waals surface area (Å²) in [6.45, 7) is 6.25. The highest BCUT2D eigenvalue weighted by atomic mass is 35.5. The third kappa shape index (κ3) is 3.79. The molecule has 0 saturated carbocycles. The van der Waals surface area contributed by atoms with E-state index in [9.17, 15) is 5.11 Å². The van der Waals surface area contributed by atoms with Crippen LogP contribution < -0.4 is 0 Å². The highest BCUT2D eigenvalue weighted by Gasteiger charge is 2.26. The topological polar surface area (TPSA) is 38.0 Å². The Hall–Kier alpha value is -1.03. The number of aromatic nitrogens is 2. The van der Waals surface area contributed by atoms with Crippen molar-refractivity contribution < 1.29 is 5.11 Å². The van der Waals surface area contributed by atoms with Crippen molar-refractivity contribution in [2.24, 2.45) is 7.05 Å². The summed E-state index contributed by atoms with van der Waals surface area (Å²) in [5.74, 6) is 0. The first-order valence-electron chi connectivity index (χ1n) is 6.84. The van der Waals surface area contributed by atoms with Crippen molar-refractivity contribution in [1.82, 2.24) is 9.78 Å². The van der Waals surface area contributed by atoms with Crippen molar-refractivity contribution in [3.8, 4) is 0 Å². The highest BCUT2D eigenvalue weighted by molar-refractivity contribution is 6.35. The van der Waals surface area contributed by atoms with Crippen LogP contribution in [0.15, 0.2) is 24.4 Å². The molecule has 2 rings (SSSR count). The maximum atomic E-state index is 10.6. The molecule has 0 aliphatic heterocycles. The van der Waals surface area contributed by atoms with Gasteiger partial charge in [0.15, 0.2) is 0 Å². The number of halogens is 2. The van der Waals surface area contributed by atoms with E-state index in [1.165, 1.54) is 0 Å². The Bertz CT molecular complexity index is 644. The second-order valence-corrected chi connectivity index (χ2v) is 7.16. The molecule has 0 amide bonds. The molecule has 2 aromatic rings. The molecule has 0 saturated heterocycles. The van der Waals surface area contributed by atoms with Gasteiger partial charge in [0.05, 0.1) is 11.8 Å². The second-order valence-electron chi connectivity index (χ2n) is 6.31. The summed E-state index contributed by atoms with van der Waals surface area (Å²) in [5, 5.41) is 16.2. The van der Waals surface area contributed by atoms with Crippen molar-refractivity contribution in [3.05, 3.63) is 51.3 Å². The fourth-order valence-electron chi connectivity index (χ4n) is 2.34. The van der Waals surface area contributed by atoms with Crippen molar-refractivity contribution in [1.29, 1.82) is 0 Å². The zero-order chi connectivity index (χ0) is 15.8. The van der Waals surface area contributed by atoms with Crippen LogP contribution in [-0.2, 0) is 18.9 Å². The van der Waals surface area contributed by atoms with E-state index in [2.05, 4.69) is 25.9 Å². The van der Waals surface area contributed by atoms with E-state index >= 15 is 0 Å². The number of aliphatic hydroxyl groups excluding tert-OH is 1. The van der Waals surface area contributed by atoms with E-state index in [4.69, 9.17) is 23.2 Å². The molecule has 0 fully saturated rings. The lowest BCUT2D eigenvalue weighted by atomic mass is 9.87. The zero-order valence-corrected chi connectivity index (χ0v) is 14.2. The van der Waals surface area contributed by atoms with E-state index < -0.39 is 6.10 Å². The molecule has 5 heteroatoms. The van der Waals surface area contributed by atoms with Crippen LogP contribution in [0, 0.1) is 0 Å². The van der Waals surface area contributed by atoms with Crippen molar-refractivity contribution in [2.45, 2.75) is 38.7 Å². The molecule has 0 aliphatic carbocycles. The summed E-state index contributed by atoms with van der Waals surface area (Å²) in [6.07, 6.45) is 1.66. The van der Waals surface area contributed by atoms with Crippen LogP contribution in [0.5, 0.6) is 0 Å². The summed E-state index contributed by atoms with van der Waals surface area (Å²) in [7, 11) is 1.86. The fourth-order valence-corrected chi connectivity index (χ4v) is 2.82. The molecule has 3 nitrogen and oxygen atoms in total. The maximum Gasteiger partial charge on any atom is 0.0864 e. The van der Waals surface area contributed by atoms with Crippen molar-refractivity contribution >= 4 is 23.2 Å². The van der Waals surface area contributed by atoms with Gasteiger partial charge in [0.1, 0.15) is 0 Å². The molecule has 1 unspecified atom stereocenters. The Labute approximate surface area is 135 Å². The molecular formula is C16H20Cl2N2O. The van der Waals surface area contributed by atoms with Crippen LogP contribution in [0.4, 0.5) is 0 Å². The van der Waals surface area contributed by atoms with E-state index in [1.54, 1.807) is 16.8 Å². The van der Waals surface area contributed by atoms with Gasteiger partial charge in [-0.3, -0.25) is 4.68 Å². The third-order valence-electron chi connectivity index (χ3n) is 3.35. The van der Waals surface area contributed by atoms with E-state index in [1.807, 2.05) is 19.3 Å². The molecule has 0 bridgehead atoms. The highest BCUT2D eigenvalue weighted by Crippen LogP contribution is 2.31. The van der Waals surface area contributed by atoms with Crippen LogP contribution >= 0.6 is 23.2 Å². The molecular weight excluding hydrogens is 307 g/mol. The van der Waals surface area contributed by atoms with Crippen LogP contribution in [0.2, 0.25) is 10.0 Å². The van der Waals surface area contributed by atoms with Gasteiger partial charge in [0.2, 0.25) is 0 Å². The van der Waals surface area contributed by atoms with Crippen LogP contribution in [0.1, 0.15) is 43.7 Å². The number of nitrogens with zero attached hydrogens (tertiary/aromatic N) is 2. The van der Waals surface area contributed by atoms with Crippen LogP contribution in [0.3, 0.4) is 0 Å². The number of hydrogen-bond acceptors (Lipinski definition) is 2. The average molecular weight is 327 g/mol. The van der Waals surface area contributed by atoms with Gasteiger partial charge in [-0.1, -0.05) is 50.0 Å². The third-order valence-corrected chi connectivity index (χ3v) is 3.94. The maximum absolute atomic E-state index is 10.6. The largest absolute Gasteiger partial charge is 0.388 e. The van der Waals surface area contributed by atoms with E-state index in [0.29, 0.717) is 16.5 Å². The summed E-state index contributed by atoms with van der Waals surface area (Å²) in [6, 6.07) is 5.32. The molecule has 21 heavy (non-hydrogen) atoms. The number of aliphatic hydroxyl groups is 1. The fraction of sp³-hybridized carbons (Fsp3) is 0.438. The first-order chi connectivity index (χ1) is 9.68. The van der Waals surface area contributed by atoms with E-state index in [-0.39, 0.29) is 5.41 Å². The molecule has 1 heterocycles. The molecule has 1 aromatic carbocycles. The summed E-state index contributed by atoms with van der Waals surface area (Å²) < 4.78 is 1.74. The summed E-state index contributed by atoms with van der Waals surface area (Å²) in [4.78, 5) is 0. The van der Waals surface area contributed by atoms with E-state index in [0.717, 1.165) is 16.8 Å². The van der Waals surface area contributed by atoms with Crippen molar-refractivity contribution in [3.63, 3.8) is 0 Å². The normalized spacial score (nSPS) is 13.5. The van der Waals surface area contributed by atoms with Gasteiger partial charge in [-0.2, -0.15) is 5.10 Å². The molecule has 1 aromatic heterocycles. The van der Waals surface area contributed by atoms with Crippen molar-refractivity contribution in [2.75, 3.05) is 0 Å². The van der Waals surface area contributed by atoms with Gasteiger partial charge in [0.25, 0.3) is 0 Å². The molecule has 114 valence electrons. The van der Waals surface area contributed by atoms with Gasteiger partial charge in [0, 0.05) is 40.7 Å². The lowest BCUT2D eigenvalue weighted by molar-refractivity contribution is 0.176. The van der Waals surface area contributed by atoms with Crippen LogP contribution in [-0.4, -0.2) is 14.9 Å². The lowest BCUT2D eigenvalue weighted by Crippen LogP contribution is -2.17. The quantitative estimate of drug-likeness (QED) is 0.913. The predicted octanol–water partition coefficient (Wildman–Crippen LogP) is 4.30. The summed E-state index contributed by atoms with van der Waals surface area (Å²) in [5.41, 5.74) is 2.50. The Kier molecular flexibility index (Phi) is 4.66. The summed E-state index contributed by atoms with van der Waals surface area (Å²) >= 11 is 12.1. The van der Waals surface area contributed by atoms with Gasteiger partial charge < -0.3 is 5.11 Å². The minimum atomic E-state index is -0.647.